The third-order valence-corrected chi connectivity index (χ3v) is 6.04. The predicted molar refractivity (Wildman–Crippen MR) is 135 cm³/mol. The molecule has 1 heterocycles. The normalized spacial score (nSPS) is 14.8. The lowest BCUT2D eigenvalue weighted by Crippen LogP contribution is -2.30. The van der Waals surface area contributed by atoms with Gasteiger partial charge in [0.1, 0.15) is 11.6 Å². The Bertz CT molecular complexity index is 1120. The van der Waals surface area contributed by atoms with E-state index >= 15 is 0 Å². The fourth-order valence-corrected chi connectivity index (χ4v) is 4.20. The molecule has 0 spiro atoms. The first-order valence-corrected chi connectivity index (χ1v) is 12.3. The average Bonchev–Trinajstić information content (AvgIpc) is 2.89. The Kier molecular flexibility index (Phi) is 10.7. The van der Waals surface area contributed by atoms with Gasteiger partial charge in [0.2, 0.25) is 0 Å². The van der Waals surface area contributed by atoms with Gasteiger partial charge in [-0.15, -0.1) is 0 Å². The van der Waals surface area contributed by atoms with Crippen LogP contribution in [0.3, 0.4) is 0 Å². The van der Waals surface area contributed by atoms with Crippen molar-refractivity contribution in [1.82, 2.24) is 5.32 Å². The summed E-state index contributed by atoms with van der Waals surface area (Å²) in [7, 11) is 1.56. The van der Waals surface area contributed by atoms with E-state index in [1.807, 2.05) is 12.1 Å². The summed E-state index contributed by atoms with van der Waals surface area (Å²) >= 11 is 0. The van der Waals surface area contributed by atoms with Crippen LogP contribution in [0.25, 0.3) is 16.3 Å². The van der Waals surface area contributed by atoms with Gasteiger partial charge in [-0.1, -0.05) is 18.2 Å². The number of piperidine rings is 1. The molecule has 2 aromatic rings. The first-order valence-electron chi connectivity index (χ1n) is 12.3. The molecule has 37 heavy (non-hydrogen) atoms. The second-order valence-corrected chi connectivity index (χ2v) is 8.63. The lowest BCUT2D eigenvalue weighted by Gasteiger charge is -2.29. The molecule has 0 radical (unpaired) electrons. The van der Waals surface area contributed by atoms with Gasteiger partial charge in [0.15, 0.2) is 0 Å². The fraction of sp³-hybridized carbons (Fsp3) is 0.481. The number of carbonyl (C=O) groups excluding carboxylic acids is 1. The number of hydrogen-bond acceptors (Lipinski definition) is 6. The second kappa shape index (κ2) is 14.0. The monoisotopic (exact) mass is 519 g/mol. The smallest absolute Gasteiger partial charge is 0.382 e. The summed E-state index contributed by atoms with van der Waals surface area (Å²) in [5.74, 6) is -1.10. The van der Waals surface area contributed by atoms with Crippen molar-refractivity contribution < 1.29 is 32.2 Å². The van der Waals surface area contributed by atoms with E-state index in [0.717, 1.165) is 37.0 Å². The maximum absolute atomic E-state index is 14.1. The van der Waals surface area contributed by atoms with E-state index < -0.39 is 23.2 Å². The van der Waals surface area contributed by atoms with Gasteiger partial charge in [0.25, 0.3) is 5.91 Å². The standard InChI is InChI=1S/C27H32F3N3O4/c1-35-13-14-37-16-15-36-12-9-32-26(34)24(19-31)25(27(28,29)30)22-6-5-21-18-23(8-7-20(21)17-22)33-10-3-2-4-11-33/h5-8,17-18H,2-4,9-16H2,1H3,(H,32,34)/b25-24-. The quantitative estimate of drug-likeness (QED) is 0.253. The number of nitriles is 1. The van der Waals surface area contributed by atoms with Crippen LogP contribution in [0.1, 0.15) is 24.8 Å². The Morgan fingerprint density at radius 3 is 2.30 bits per heavy atom. The van der Waals surface area contributed by atoms with Crippen molar-refractivity contribution in [2.45, 2.75) is 25.4 Å². The van der Waals surface area contributed by atoms with Crippen LogP contribution < -0.4 is 10.2 Å². The molecule has 1 amide bonds. The first kappa shape index (κ1) is 28.4. The van der Waals surface area contributed by atoms with E-state index in [2.05, 4.69) is 10.2 Å². The zero-order valence-corrected chi connectivity index (χ0v) is 20.9. The van der Waals surface area contributed by atoms with Gasteiger partial charge in [-0.2, -0.15) is 18.4 Å². The van der Waals surface area contributed by atoms with Crippen LogP contribution in [0.4, 0.5) is 18.9 Å². The maximum atomic E-state index is 14.1. The number of benzene rings is 2. The molecule has 1 aliphatic rings. The third-order valence-electron chi connectivity index (χ3n) is 6.04. The molecule has 1 N–H and O–H groups in total. The Hall–Kier alpha value is -3.13. The minimum absolute atomic E-state index is 0.0514. The van der Waals surface area contributed by atoms with Crippen molar-refractivity contribution in [3.05, 3.63) is 47.5 Å². The number of nitrogens with zero attached hydrogens (tertiary/aromatic N) is 2. The molecule has 7 nitrogen and oxygen atoms in total. The molecule has 0 aromatic heterocycles. The number of anilines is 1. The number of hydrogen-bond donors (Lipinski definition) is 1. The number of carbonyl (C=O) groups is 1. The van der Waals surface area contributed by atoms with Crippen molar-refractivity contribution in [1.29, 1.82) is 5.26 Å². The summed E-state index contributed by atoms with van der Waals surface area (Å²) in [6, 6.07) is 11.4. The SMILES string of the molecule is COCCOCCOCCNC(=O)/C(C#N)=C(/c1ccc2cc(N3CCCCC3)ccc2c1)C(F)(F)F. The van der Waals surface area contributed by atoms with E-state index in [9.17, 15) is 23.2 Å². The molecule has 2 aromatic carbocycles. The number of alkyl halides is 3. The number of fused-ring (bicyclic) bond motifs is 1. The number of allylic oxidation sites excluding steroid dienone is 1. The van der Waals surface area contributed by atoms with E-state index in [-0.39, 0.29) is 25.3 Å². The number of rotatable bonds is 12. The average molecular weight is 520 g/mol. The Labute approximate surface area is 214 Å². The van der Waals surface area contributed by atoms with Crippen LogP contribution in [0, 0.1) is 11.3 Å². The highest BCUT2D eigenvalue weighted by Crippen LogP contribution is 2.38. The van der Waals surface area contributed by atoms with Crippen LogP contribution in [-0.2, 0) is 19.0 Å². The highest BCUT2D eigenvalue weighted by Gasteiger charge is 2.39. The van der Waals surface area contributed by atoms with Crippen LogP contribution in [0.2, 0.25) is 0 Å². The van der Waals surface area contributed by atoms with Gasteiger partial charge in [0.05, 0.1) is 38.6 Å². The molecule has 0 saturated carbocycles. The van der Waals surface area contributed by atoms with Crippen molar-refractivity contribution >= 4 is 27.9 Å². The summed E-state index contributed by atoms with van der Waals surface area (Å²) in [6.45, 7) is 3.38. The minimum atomic E-state index is -4.90. The number of methoxy groups -OCH3 is 1. The first-order chi connectivity index (χ1) is 17.8. The molecule has 0 aliphatic carbocycles. The Morgan fingerprint density at radius 2 is 1.62 bits per heavy atom. The number of halogens is 3. The molecule has 3 rings (SSSR count). The zero-order chi connectivity index (χ0) is 26.7. The Morgan fingerprint density at radius 1 is 0.973 bits per heavy atom. The molecule has 1 fully saturated rings. The van der Waals surface area contributed by atoms with Crippen LogP contribution >= 0.6 is 0 Å². The van der Waals surface area contributed by atoms with Gasteiger partial charge in [-0.25, -0.2) is 0 Å². The highest BCUT2D eigenvalue weighted by molar-refractivity contribution is 6.06. The molecule has 0 bridgehead atoms. The minimum Gasteiger partial charge on any atom is -0.382 e. The van der Waals surface area contributed by atoms with Gasteiger partial charge in [-0.05, 0) is 53.8 Å². The largest absolute Gasteiger partial charge is 0.418 e. The van der Waals surface area contributed by atoms with Crippen molar-refractivity contribution in [2.24, 2.45) is 0 Å². The zero-order valence-electron chi connectivity index (χ0n) is 20.9. The van der Waals surface area contributed by atoms with Crippen molar-refractivity contribution in [2.75, 3.05) is 64.7 Å². The van der Waals surface area contributed by atoms with Crippen LogP contribution in [0.5, 0.6) is 0 Å². The number of amides is 1. The topological polar surface area (TPSA) is 83.8 Å². The van der Waals surface area contributed by atoms with Crippen molar-refractivity contribution in [3.8, 4) is 6.07 Å². The second-order valence-electron chi connectivity index (χ2n) is 8.63. The summed E-state index contributed by atoms with van der Waals surface area (Å²) in [4.78, 5) is 14.8. The van der Waals surface area contributed by atoms with Gasteiger partial charge >= 0.3 is 6.18 Å². The molecular weight excluding hydrogens is 487 g/mol. The molecule has 200 valence electrons. The summed E-state index contributed by atoms with van der Waals surface area (Å²) < 4.78 is 57.6. The Balaban J connectivity index is 1.72. The predicted octanol–water partition coefficient (Wildman–Crippen LogP) is 4.47. The van der Waals surface area contributed by atoms with E-state index in [0.29, 0.717) is 25.2 Å². The lowest BCUT2D eigenvalue weighted by atomic mass is 9.96. The summed E-state index contributed by atoms with van der Waals surface area (Å²) in [5.41, 5.74) is -1.45. The van der Waals surface area contributed by atoms with E-state index in [1.165, 1.54) is 24.6 Å². The molecular formula is C27H32F3N3O4. The molecule has 1 aliphatic heterocycles. The molecule has 0 atom stereocenters. The summed E-state index contributed by atoms with van der Waals surface area (Å²) in [5, 5.41) is 13.2. The van der Waals surface area contributed by atoms with Crippen molar-refractivity contribution in [3.63, 3.8) is 0 Å². The summed E-state index contributed by atoms with van der Waals surface area (Å²) in [6.07, 6.45) is -1.47. The van der Waals surface area contributed by atoms with Gasteiger partial charge < -0.3 is 24.4 Å². The maximum Gasteiger partial charge on any atom is 0.418 e. The molecule has 0 unspecified atom stereocenters. The number of nitrogens with one attached hydrogen (secondary N) is 1. The highest BCUT2D eigenvalue weighted by atomic mass is 19.4. The van der Waals surface area contributed by atoms with E-state index in [1.54, 1.807) is 19.2 Å². The van der Waals surface area contributed by atoms with Crippen LogP contribution in [-0.4, -0.2) is 71.9 Å². The lowest BCUT2D eigenvalue weighted by molar-refractivity contribution is -0.117. The van der Waals surface area contributed by atoms with Crippen LogP contribution in [0.15, 0.2) is 42.0 Å². The van der Waals surface area contributed by atoms with Gasteiger partial charge in [-0.3, -0.25) is 4.79 Å². The van der Waals surface area contributed by atoms with Gasteiger partial charge in [0, 0.05) is 32.4 Å². The van der Waals surface area contributed by atoms with E-state index in [4.69, 9.17) is 14.2 Å². The molecule has 1 saturated heterocycles. The fourth-order valence-electron chi connectivity index (χ4n) is 4.20. The third kappa shape index (κ3) is 8.18. The molecule has 10 heteroatoms. The number of ether oxygens (including phenoxy) is 3.